The SMILES string of the molecule is C.C[C@@H](O)[C@@H]1NC(=O)[C@@H](N)C[C@@H](O)[C@@H](O)NC(=O)[C@@H]2[C@@H](O)[C@@H](C)CN2C(=O)[C@H]([C@H](O)CC(N)=O)NC(=O)[C@H]([C@H](O)[C@@H](O)c2ccc(O)c(OS(=O)(=O)O)c2)NC(=O)[C@@H]2C[C@@H](O)CN2C1=O. The van der Waals surface area contributed by atoms with Crippen molar-refractivity contribution < 1.29 is 96.7 Å². The van der Waals surface area contributed by atoms with Gasteiger partial charge in [0.25, 0.3) is 0 Å². The van der Waals surface area contributed by atoms with Gasteiger partial charge in [0.05, 0.1) is 36.9 Å². The Bertz CT molecular complexity index is 2060. The fraction of sp³-hybridized carbons (Fsp3) is 0.639. The van der Waals surface area contributed by atoms with Crippen molar-refractivity contribution in [3.05, 3.63) is 23.8 Å². The molecule has 0 radical (unpaired) electrons. The highest BCUT2D eigenvalue weighted by Crippen LogP contribution is 2.32. The number of carbonyl (C=O) groups excluding carboxylic acids is 7. The lowest BCUT2D eigenvalue weighted by atomic mass is 9.96. The molecule has 0 unspecified atom stereocenters. The molecule has 0 spiro atoms. The summed E-state index contributed by atoms with van der Waals surface area (Å²) in [5, 5.41) is 106. The van der Waals surface area contributed by atoms with Gasteiger partial charge in [0, 0.05) is 31.8 Å². The van der Waals surface area contributed by atoms with Crippen LogP contribution in [0.4, 0.5) is 0 Å². The van der Waals surface area contributed by atoms with Crippen LogP contribution in [0.5, 0.6) is 11.5 Å². The molecular formula is C36H56N8O20S. The normalized spacial score (nSPS) is 31.9. The number of nitrogens with one attached hydrogen (secondary N) is 4. The quantitative estimate of drug-likeness (QED) is 0.102. The van der Waals surface area contributed by atoms with Gasteiger partial charge in [0.2, 0.25) is 41.4 Å². The lowest BCUT2D eigenvalue weighted by molar-refractivity contribution is -0.149. The lowest BCUT2D eigenvalue weighted by Crippen LogP contribution is -2.64. The third-order valence-corrected chi connectivity index (χ3v) is 11.2. The van der Waals surface area contributed by atoms with Crippen molar-refractivity contribution in [3.63, 3.8) is 0 Å². The van der Waals surface area contributed by atoms with Crippen LogP contribution in [0.25, 0.3) is 0 Å². The maximum absolute atomic E-state index is 14.3. The second-order valence-corrected chi connectivity index (χ2v) is 16.8. The highest BCUT2D eigenvalue weighted by atomic mass is 32.3. The molecule has 3 heterocycles. The molecule has 7 amide bonds. The molecule has 3 aliphatic rings. The molecule has 3 aliphatic heterocycles. The number of phenols is 1. The number of rotatable bonds is 9. The van der Waals surface area contributed by atoms with Crippen molar-refractivity contribution in [1.82, 2.24) is 31.1 Å². The van der Waals surface area contributed by atoms with Crippen molar-refractivity contribution in [1.29, 1.82) is 0 Å². The van der Waals surface area contributed by atoms with Crippen LogP contribution in [-0.4, -0.2) is 202 Å². The highest BCUT2D eigenvalue weighted by molar-refractivity contribution is 7.81. The zero-order chi connectivity index (χ0) is 48.3. The van der Waals surface area contributed by atoms with Gasteiger partial charge in [-0.2, -0.15) is 8.42 Å². The first-order chi connectivity index (χ1) is 29.6. The average molecular weight is 953 g/mol. The fourth-order valence-corrected chi connectivity index (χ4v) is 7.77. The molecule has 0 aliphatic carbocycles. The molecule has 0 aromatic heterocycles. The molecule has 29 heteroatoms. The Hall–Kier alpha value is -5.34. The van der Waals surface area contributed by atoms with Gasteiger partial charge < -0.3 is 92.7 Å². The minimum Gasteiger partial charge on any atom is -0.504 e. The standard InChI is InChI=1S/C35H52N8O20S.CH4/c1-11-9-43-25(26(11)50)33(57)41-31(55)19(48)7-15(36)29(53)38-22(12(2)44)34(58)42-10-14(45)6-16(42)30(54)40-24(32(56)39-23(35(43)59)18(47)8-21(37)49)28(52)27(51)13-3-4-17(46)20(5-13)63-64(60,61)62;/h3-5,11-12,14-16,18-19,22-28,31,44-48,50-52,55H,6-10,36H2,1-2H3,(H2,37,49)(H,38,53)(H,39,56)(H,40,54)(H,41,57)(H,60,61,62);1H4/t11-,12+,14+,15-,16-,18+,19+,22-,23-,24-,25-,26-,27-,28-,31+;/m0./s1. The Kier molecular flexibility index (Phi) is 18.1. The Morgan fingerprint density at radius 3 is 2.02 bits per heavy atom. The van der Waals surface area contributed by atoms with Gasteiger partial charge in [-0.3, -0.25) is 38.1 Å². The van der Waals surface area contributed by atoms with Crippen molar-refractivity contribution in [3.8, 4) is 11.5 Å². The topological polar surface area (TPSA) is 472 Å². The molecule has 15 atom stereocenters. The number of fused-ring (bicyclic) bond motifs is 2. The van der Waals surface area contributed by atoms with E-state index in [1.807, 2.05) is 10.6 Å². The molecule has 366 valence electrons. The summed E-state index contributed by atoms with van der Waals surface area (Å²) in [6, 6.07) is -10.2. The second-order valence-electron chi connectivity index (χ2n) is 15.8. The van der Waals surface area contributed by atoms with E-state index < -0.39 is 192 Å². The molecular weight excluding hydrogens is 896 g/mol. The summed E-state index contributed by atoms with van der Waals surface area (Å²) in [4.78, 5) is 96.6. The molecule has 18 N–H and O–H groups in total. The van der Waals surface area contributed by atoms with E-state index in [1.54, 1.807) is 0 Å². The number of aromatic hydroxyl groups is 1. The summed E-state index contributed by atoms with van der Waals surface area (Å²) in [6.45, 7) is 1.26. The van der Waals surface area contributed by atoms with Crippen LogP contribution in [0.2, 0.25) is 0 Å². The minimum absolute atomic E-state index is 0. The number of hydrogen-bond acceptors (Lipinski definition) is 20. The van der Waals surface area contributed by atoms with Crippen LogP contribution < -0.4 is 36.9 Å². The molecule has 3 saturated heterocycles. The summed E-state index contributed by atoms with van der Waals surface area (Å²) in [6.07, 6.45) is -19.1. The van der Waals surface area contributed by atoms with Crippen molar-refractivity contribution >= 4 is 51.7 Å². The van der Waals surface area contributed by atoms with E-state index in [0.29, 0.717) is 15.9 Å². The van der Waals surface area contributed by atoms with Crippen LogP contribution >= 0.6 is 0 Å². The number of amides is 7. The maximum Gasteiger partial charge on any atom is 0.446 e. The summed E-state index contributed by atoms with van der Waals surface area (Å²) >= 11 is 0. The Balaban J connectivity index is 0.0000112. The van der Waals surface area contributed by atoms with Crippen molar-refractivity contribution in [2.24, 2.45) is 17.4 Å². The van der Waals surface area contributed by atoms with E-state index in [-0.39, 0.29) is 7.43 Å². The fourth-order valence-electron chi connectivity index (χ4n) is 7.41. The number of benzene rings is 1. The van der Waals surface area contributed by atoms with Crippen LogP contribution in [-0.2, 0) is 44.0 Å². The first-order valence-electron chi connectivity index (χ1n) is 19.4. The van der Waals surface area contributed by atoms with E-state index in [2.05, 4.69) is 14.8 Å². The summed E-state index contributed by atoms with van der Waals surface area (Å²) in [5.41, 5.74) is 10.6. The van der Waals surface area contributed by atoms with E-state index >= 15 is 0 Å². The Morgan fingerprint density at radius 1 is 0.846 bits per heavy atom. The van der Waals surface area contributed by atoms with Crippen LogP contribution in [0.1, 0.15) is 52.2 Å². The predicted molar refractivity (Wildman–Crippen MR) is 215 cm³/mol. The van der Waals surface area contributed by atoms with Crippen LogP contribution in [0.3, 0.4) is 0 Å². The zero-order valence-corrected chi connectivity index (χ0v) is 34.8. The number of nitrogens with zero attached hydrogens (tertiary/aromatic N) is 2. The third-order valence-electron chi connectivity index (χ3n) is 10.8. The van der Waals surface area contributed by atoms with E-state index in [1.165, 1.54) is 6.92 Å². The minimum atomic E-state index is -5.30. The van der Waals surface area contributed by atoms with E-state index in [9.17, 15) is 87.9 Å². The number of primary amides is 1. The number of aliphatic hydroxyl groups excluding tert-OH is 8. The number of phenolic OH excluding ortho intramolecular Hbond substituents is 1. The predicted octanol–water partition coefficient (Wildman–Crippen LogP) is -8.63. The van der Waals surface area contributed by atoms with Gasteiger partial charge in [-0.25, -0.2) is 0 Å². The Morgan fingerprint density at radius 2 is 1.43 bits per heavy atom. The summed E-state index contributed by atoms with van der Waals surface area (Å²) in [7, 11) is -5.30. The van der Waals surface area contributed by atoms with Gasteiger partial charge in [0.1, 0.15) is 48.5 Å². The monoisotopic (exact) mass is 952 g/mol. The molecule has 3 fully saturated rings. The maximum atomic E-state index is 14.3. The molecule has 4 rings (SSSR count). The smallest absolute Gasteiger partial charge is 0.446 e. The number of hydrogen-bond donors (Lipinski definition) is 16. The molecule has 0 saturated carbocycles. The summed E-state index contributed by atoms with van der Waals surface area (Å²) < 4.78 is 36.2. The van der Waals surface area contributed by atoms with Gasteiger partial charge in [-0.05, 0) is 24.6 Å². The van der Waals surface area contributed by atoms with Crippen molar-refractivity contribution in [2.75, 3.05) is 13.1 Å². The molecule has 0 bridgehead atoms. The molecule has 1 aromatic rings. The van der Waals surface area contributed by atoms with Gasteiger partial charge in [-0.15, -0.1) is 0 Å². The number of carbonyl (C=O) groups is 7. The van der Waals surface area contributed by atoms with Crippen molar-refractivity contribution in [2.45, 2.75) is 126 Å². The molecule has 28 nitrogen and oxygen atoms in total. The molecule has 65 heavy (non-hydrogen) atoms. The van der Waals surface area contributed by atoms with Gasteiger partial charge >= 0.3 is 10.4 Å². The zero-order valence-electron chi connectivity index (χ0n) is 33.9. The third kappa shape index (κ3) is 12.9. The largest absolute Gasteiger partial charge is 0.504 e. The first kappa shape index (κ1) is 54.0. The average Bonchev–Trinajstić information content (AvgIpc) is 3.74. The first-order valence-corrected chi connectivity index (χ1v) is 20.8. The van der Waals surface area contributed by atoms with Gasteiger partial charge in [0.15, 0.2) is 17.7 Å². The second kappa shape index (κ2) is 21.8. The van der Waals surface area contributed by atoms with Gasteiger partial charge in [-0.1, -0.05) is 20.4 Å². The number of nitrogens with two attached hydrogens (primary N) is 2. The van der Waals surface area contributed by atoms with E-state index in [0.717, 1.165) is 19.1 Å². The lowest BCUT2D eigenvalue weighted by Gasteiger charge is -2.34. The number of aliphatic hydroxyl groups is 8. The van der Waals surface area contributed by atoms with Crippen LogP contribution in [0.15, 0.2) is 18.2 Å². The van der Waals surface area contributed by atoms with E-state index in [4.69, 9.17) is 16.0 Å². The highest BCUT2D eigenvalue weighted by Gasteiger charge is 2.50. The Labute approximate surface area is 370 Å². The molecule has 1 aromatic carbocycles. The van der Waals surface area contributed by atoms with Crippen LogP contribution in [0, 0.1) is 5.92 Å². The summed E-state index contributed by atoms with van der Waals surface area (Å²) in [5.74, 6) is -12.4.